The van der Waals surface area contributed by atoms with Crippen molar-refractivity contribution in [3.05, 3.63) is 95.6 Å². The van der Waals surface area contributed by atoms with Crippen molar-refractivity contribution in [2.75, 3.05) is 19.5 Å². The number of ether oxygens (including phenoxy) is 3. The van der Waals surface area contributed by atoms with Crippen molar-refractivity contribution in [2.24, 2.45) is 0 Å². The number of methoxy groups -OCH3 is 1. The van der Waals surface area contributed by atoms with Crippen molar-refractivity contribution in [1.82, 2.24) is 0 Å². The highest BCUT2D eigenvalue weighted by molar-refractivity contribution is 7.99. The Balaban J connectivity index is 1.41. The molecule has 0 heterocycles. The number of hydrogen-bond donors (Lipinski definition) is 0. The normalized spacial score (nSPS) is 10.4. The second-order valence-corrected chi connectivity index (χ2v) is 7.80. The van der Waals surface area contributed by atoms with Gasteiger partial charge in [-0.15, -0.1) is 11.8 Å². The molecule has 0 aliphatic rings. The molecule has 5 nitrogen and oxygen atoms in total. The summed E-state index contributed by atoms with van der Waals surface area (Å²) < 4.78 is 15.5. The highest BCUT2D eigenvalue weighted by atomic mass is 32.2. The SMILES string of the molecule is COC(=O)c1ccccc1SCCc1ccc(OCC(=O)OCc2ccccc2)cc1. The summed E-state index contributed by atoms with van der Waals surface area (Å²) in [4.78, 5) is 24.6. The zero-order valence-electron chi connectivity index (χ0n) is 17.3. The highest BCUT2D eigenvalue weighted by Gasteiger charge is 2.11. The fourth-order valence-electron chi connectivity index (χ4n) is 2.82. The third-order valence-corrected chi connectivity index (χ3v) is 5.54. The molecule has 0 saturated carbocycles. The summed E-state index contributed by atoms with van der Waals surface area (Å²) in [6, 6.07) is 24.6. The van der Waals surface area contributed by atoms with Crippen molar-refractivity contribution < 1.29 is 23.8 Å². The van der Waals surface area contributed by atoms with Gasteiger partial charge in [0.1, 0.15) is 12.4 Å². The minimum Gasteiger partial charge on any atom is -0.482 e. The lowest BCUT2D eigenvalue weighted by molar-refractivity contribution is -0.147. The van der Waals surface area contributed by atoms with Gasteiger partial charge in [0, 0.05) is 10.6 Å². The first-order chi connectivity index (χ1) is 15.2. The molecule has 0 aromatic heterocycles. The molecule has 0 aliphatic carbocycles. The van der Waals surface area contributed by atoms with Gasteiger partial charge in [-0.25, -0.2) is 9.59 Å². The molecule has 0 amide bonds. The summed E-state index contributed by atoms with van der Waals surface area (Å²) in [5.74, 6) is 0.699. The van der Waals surface area contributed by atoms with E-state index < -0.39 is 5.97 Å². The van der Waals surface area contributed by atoms with Gasteiger partial charge >= 0.3 is 11.9 Å². The number of carbonyl (C=O) groups excluding carboxylic acids is 2. The van der Waals surface area contributed by atoms with Crippen LogP contribution in [0.5, 0.6) is 5.75 Å². The first-order valence-electron chi connectivity index (χ1n) is 9.87. The molecule has 0 bridgehead atoms. The van der Waals surface area contributed by atoms with Crippen molar-refractivity contribution in [3.8, 4) is 5.75 Å². The number of rotatable bonds is 10. The summed E-state index contributed by atoms with van der Waals surface area (Å²) in [6.45, 7) is 0.102. The van der Waals surface area contributed by atoms with E-state index in [2.05, 4.69) is 0 Å². The van der Waals surface area contributed by atoms with Crippen molar-refractivity contribution in [2.45, 2.75) is 17.9 Å². The lowest BCUT2D eigenvalue weighted by Crippen LogP contribution is -2.14. The molecule has 0 atom stereocenters. The molecule has 6 heteroatoms. The molecule has 0 saturated heterocycles. The maximum Gasteiger partial charge on any atom is 0.344 e. The molecule has 31 heavy (non-hydrogen) atoms. The van der Waals surface area contributed by atoms with Crippen LogP contribution < -0.4 is 4.74 Å². The molecule has 160 valence electrons. The van der Waals surface area contributed by atoms with Crippen LogP contribution in [0.15, 0.2) is 83.8 Å². The Morgan fingerprint density at radius 1 is 0.839 bits per heavy atom. The van der Waals surface area contributed by atoms with E-state index >= 15 is 0 Å². The number of thioether (sulfide) groups is 1. The van der Waals surface area contributed by atoms with Crippen molar-refractivity contribution in [3.63, 3.8) is 0 Å². The lowest BCUT2D eigenvalue weighted by Gasteiger charge is -2.09. The second-order valence-electron chi connectivity index (χ2n) is 6.67. The molecular formula is C25H24O5S. The monoisotopic (exact) mass is 436 g/mol. The molecule has 3 aromatic rings. The van der Waals surface area contributed by atoms with E-state index in [4.69, 9.17) is 14.2 Å². The first kappa shape index (κ1) is 22.4. The number of benzene rings is 3. The Morgan fingerprint density at radius 2 is 1.55 bits per heavy atom. The van der Waals surface area contributed by atoms with E-state index in [0.717, 1.165) is 28.2 Å². The van der Waals surface area contributed by atoms with Crippen LogP contribution >= 0.6 is 11.8 Å². The van der Waals surface area contributed by atoms with E-state index in [1.54, 1.807) is 17.8 Å². The third kappa shape index (κ3) is 7.19. The zero-order valence-corrected chi connectivity index (χ0v) is 18.1. The van der Waals surface area contributed by atoms with E-state index in [1.165, 1.54) is 7.11 Å². The van der Waals surface area contributed by atoms with Gasteiger partial charge in [-0.1, -0.05) is 54.6 Å². The summed E-state index contributed by atoms with van der Waals surface area (Å²) in [5.41, 5.74) is 2.66. The molecule has 3 aromatic carbocycles. The average molecular weight is 437 g/mol. The van der Waals surface area contributed by atoms with E-state index in [-0.39, 0.29) is 19.2 Å². The molecule has 0 spiro atoms. The van der Waals surface area contributed by atoms with Crippen LogP contribution in [0, 0.1) is 0 Å². The van der Waals surface area contributed by atoms with Crippen molar-refractivity contribution >= 4 is 23.7 Å². The Kier molecular flexibility index (Phi) is 8.55. The highest BCUT2D eigenvalue weighted by Crippen LogP contribution is 2.24. The number of aryl methyl sites for hydroxylation is 1. The van der Waals surface area contributed by atoms with E-state index in [0.29, 0.717) is 11.3 Å². The maximum atomic E-state index is 11.8. The van der Waals surface area contributed by atoms with Crippen LogP contribution in [0.3, 0.4) is 0 Å². The van der Waals surface area contributed by atoms with Gasteiger partial charge in [-0.2, -0.15) is 0 Å². The number of hydrogen-bond acceptors (Lipinski definition) is 6. The third-order valence-electron chi connectivity index (χ3n) is 4.46. The van der Waals surface area contributed by atoms with Gasteiger partial charge in [-0.05, 0) is 41.8 Å². The summed E-state index contributed by atoms with van der Waals surface area (Å²) in [7, 11) is 1.39. The predicted octanol–water partition coefficient (Wildman–Crippen LogP) is 4.93. The summed E-state index contributed by atoms with van der Waals surface area (Å²) >= 11 is 1.61. The average Bonchev–Trinajstić information content (AvgIpc) is 2.82. The number of carbonyl (C=O) groups is 2. The van der Waals surface area contributed by atoms with Gasteiger partial charge < -0.3 is 14.2 Å². The standard InChI is InChI=1S/C25H24O5S/c1-28-25(27)22-9-5-6-10-23(22)31-16-15-19-11-13-21(14-12-19)29-18-24(26)30-17-20-7-3-2-4-8-20/h2-14H,15-18H2,1H3. The van der Waals surface area contributed by atoms with Crippen LogP contribution in [0.4, 0.5) is 0 Å². The summed E-state index contributed by atoms with van der Waals surface area (Å²) in [5, 5.41) is 0. The fraction of sp³-hybridized carbons (Fsp3) is 0.200. The minimum absolute atomic E-state index is 0.133. The van der Waals surface area contributed by atoms with E-state index in [9.17, 15) is 9.59 Å². The first-order valence-corrected chi connectivity index (χ1v) is 10.9. The minimum atomic E-state index is -0.409. The largest absolute Gasteiger partial charge is 0.482 e. The lowest BCUT2D eigenvalue weighted by atomic mass is 10.2. The summed E-state index contributed by atoms with van der Waals surface area (Å²) in [6.07, 6.45) is 0.833. The predicted molar refractivity (Wildman–Crippen MR) is 120 cm³/mol. The van der Waals surface area contributed by atoms with Crippen molar-refractivity contribution in [1.29, 1.82) is 0 Å². The van der Waals surface area contributed by atoms with Gasteiger partial charge in [0.15, 0.2) is 6.61 Å². The van der Waals surface area contributed by atoms with Gasteiger partial charge in [0.25, 0.3) is 0 Å². The topological polar surface area (TPSA) is 61.8 Å². The Bertz CT molecular complexity index is 986. The van der Waals surface area contributed by atoms with Crippen LogP contribution in [-0.2, 0) is 27.3 Å². The van der Waals surface area contributed by atoms with Crippen LogP contribution in [0.25, 0.3) is 0 Å². The quantitative estimate of drug-likeness (QED) is 0.332. The van der Waals surface area contributed by atoms with Gasteiger partial charge in [0.2, 0.25) is 0 Å². The molecule has 0 aliphatic heterocycles. The molecule has 0 fully saturated rings. The second kappa shape index (κ2) is 11.8. The smallest absolute Gasteiger partial charge is 0.344 e. The zero-order chi connectivity index (χ0) is 21.9. The van der Waals surface area contributed by atoms with E-state index in [1.807, 2.05) is 72.8 Å². The molecular weight excluding hydrogens is 412 g/mol. The Morgan fingerprint density at radius 3 is 2.29 bits per heavy atom. The van der Waals surface area contributed by atoms with Crippen LogP contribution in [-0.4, -0.2) is 31.4 Å². The Hall–Kier alpha value is -3.25. The Labute approximate surface area is 186 Å². The molecule has 3 rings (SSSR count). The van der Waals surface area contributed by atoms with Crippen LogP contribution in [0.2, 0.25) is 0 Å². The number of esters is 2. The molecule has 0 unspecified atom stereocenters. The fourth-order valence-corrected chi connectivity index (χ4v) is 3.86. The van der Waals surface area contributed by atoms with Gasteiger partial charge in [-0.3, -0.25) is 0 Å². The molecule has 0 radical (unpaired) electrons. The molecule has 0 N–H and O–H groups in total. The maximum absolute atomic E-state index is 11.8. The van der Waals surface area contributed by atoms with Gasteiger partial charge in [0.05, 0.1) is 12.7 Å². The van der Waals surface area contributed by atoms with Crippen LogP contribution in [0.1, 0.15) is 21.5 Å².